The maximum Gasteiger partial charge on any atom is 0.158 e. The average molecular weight is 232 g/mol. The van der Waals surface area contributed by atoms with Gasteiger partial charge in [-0.25, -0.2) is 9.97 Å². The molecule has 0 radical (unpaired) electrons. The molecular weight excluding hydrogens is 212 g/mol. The molecule has 0 aliphatic heterocycles. The van der Waals surface area contributed by atoms with Crippen LogP contribution in [0, 0.1) is 25.2 Å². The number of nitrogens with zero attached hydrogens (tertiary/aromatic N) is 2. The highest BCUT2D eigenvalue weighted by atomic mass is 16.5. The summed E-state index contributed by atoms with van der Waals surface area (Å²) in [5, 5.41) is 0. The Morgan fingerprint density at radius 1 is 1.59 bits per heavy atom. The Hall–Kier alpha value is -1.38. The van der Waals surface area contributed by atoms with Crippen LogP contribution in [-0.4, -0.2) is 16.6 Å². The van der Waals surface area contributed by atoms with Gasteiger partial charge in [-0.05, 0) is 32.6 Å². The van der Waals surface area contributed by atoms with Crippen molar-refractivity contribution in [1.82, 2.24) is 9.97 Å². The molecule has 1 aromatic heterocycles. The summed E-state index contributed by atoms with van der Waals surface area (Å²) in [5.74, 6) is 2.32. The summed E-state index contributed by atoms with van der Waals surface area (Å²) in [6.07, 6.45) is 6.02. The van der Waals surface area contributed by atoms with Gasteiger partial charge in [0.15, 0.2) is 5.75 Å². The van der Waals surface area contributed by atoms with Crippen molar-refractivity contribution in [3.05, 3.63) is 30.4 Å². The first-order valence-electron chi connectivity index (χ1n) is 6.11. The van der Waals surface area contributed by atoms with Crippen molar-refractivity contribution in [1.29, 1.82) is 0 Å². The molecule has 0 bridgehead atoms. The quantitative estimate of drug-likeness (QED) is 0.732. The minimum Gasteiger partial charge on any atom is -0.489 e. The van der Waals surface area contributed by atoms with E-state index in [1.54, 1.807) is 6.20 Å². The SMILES string of the molecule is C=CC[C@]1(COc2cnc(C)nc2C)CC1C. The van der Waals surface area contributed by atoms with Gasteiger partial charge in [-0.2, -0.15) is 0 Å². The third-order valence-corrected chi connectivity index (χ3v) is 3.72. The van der Waals surface area contributed by atoms with E-state index in [4.69, 9.17) is 4.74 Å². The maximum absolute atomic E-state index is 5.87. The molecule has 1 unspecified atom stereocenters. The molecule has 1 aliphatic rings. The summed E-state index contributed by atoms with van der Waals surface area (Å²) < 4.78 is 5.87. The molecule has 1 aliphatic carbocycles. The number of aromatic nitrogens is 2. The Balaban J connectivity index is 2.00. The fourth-order valence-corrected chi connectivity index (χ4v) is 2.32. The molecule has 1 heterocycles. The van der Waals surface area contributed by atoms with E-state index >= 15 is 0 Å². The third-order valence-electron chi connectivity index (χ3n) is 3.72. The first-order valence-corrected chi connectivity index (χ1v) is 6.11. The van der Waals surface area contributed by atoms with Crippen molar-refractivity contribution in [2.75, 3.05) is 6.61 Å². The van der Waals surface area contributed by atoms with Crippen LogP contribution in [-0.2, 0) is 0 Å². The summed E-state index contributed by atoms with van der Waals surface area (Å²) in [6.45, 7) is 10.7. The molecule has 3 heteroatoms. The molecule has 2 atom stereocenters. The van der Waals surface area contributed by atoms with E-state index in [0.717, 1.165) is 36.2 Å². The van der Waals surface area contributed by atoms with E-state index in [0.29, 0.717) is 5.41 Å². The Bertz CT molecular complexity index is 430. The average Bonchev–Trinajstić information content (AvgIpc) is 2.89. The molecule has 1 fully saturated rings. The van der Waals surface area contributed by atoms with E-state index in [1.165, 1.54) is 6.42 Å². The van der Waals surface area contributed by atoms with Crippen molar-refractivity contribution in [3.8, 4) is 5.75 Å². The highest BCUT2D eigenvalue weighted by Gasteiger charge is 2.50. The minimum atomic E-state index is 0.305. The van der Waals surface area contributed by atoms with Crippen LogP contribution >= 0.6 is 0 Å². The number of aryl methyl sites for hydroxylation is 2. The fourth-order valence-electron chi connectivity index (χ4n) is 2.32. The predicted octanol–water partition coefficient (Wildman–Crippen LogP) is 3.07. The van der Waals surface area contributed by atoms with Gasteiger partial charge in [0.1, 0.15) is 5.82 Å². The zero-order valence-corrected chi connectivity index (χ0v) is 10.9. The zero-order chi connectivity index (χ0) is 12.5. The van der Waals surface area contributed by atoms with E-state index in [2.05, 4.69) is 23.5 Å². The van der Waals surface area contributed by atoms with E-state index in [-0.39, 0.29) is 0 Å². The molecule has 0 N–H and O–H groups in total. The van der Waals surface area contributed by atoms with Crippen LogP contribution < -0.4 is 4.74 Å². The van der Waals surface area contributed by atoms with Gasteiger partial charge in [-0.3, -0.25) is 0 Å². The molecule has 2 rings (SSSR count). The maximum atomic E-state index is 5.87. The largest absolute Gasteiger partial charge is 0.489 e. The Labute approximate surface area is 103 Å². The molecular formula is C14H20N2O. The Morgan fingerprint density at radius 2 is 2.29 bits per heavy atom. The molecule has 0 aromatic carbocycles. The van der Waals surface area contributed by atoms with Gasteiger partial charge >= 0.3 is 0 Å². The van der Waals surface area contributed by atoms with Gasteiger partial charge < -0.3 is 4.74 Å². The highest BCUT2D eigenvalue weighted by Crippen LogP contribution is 2.55. The molecule has 92 valence electrons. The first kappa shape index (κ1) is 12.1. The fraction of sp³-hybridized carbons (Fsp3) is 0.571. The monoisotopic (exact) mass is 232 g/mol. The van der Waals surface area contributed by atoms with Gasteiger partial charge in [0.05, 0.1) is 18.5 Å². The second-order valence-corrected chi connectivity index (χ2v) is 5.12. The number of rotatable bonds is 5. The minimum absolute atomic E-state index is 0.305. The number of ether oxygens (including phenoxy) is 1. The normalized spacial score (nSPS) is 26.6. The predicted molar refractivity (Wildman–Crippen MR) is 68.0 cm³/mol. The van der Waals surface area contributed by atoms with Crippen molar-refractivity contribution in [3.63, 3.8) is 0 Å². The van der Waals surface area contributed by atoms with Gasteiger partial charge in [-0.15, -0.1) is 6.58 Å². The standard InChI is InChI=1S/C14H20N2O/c1-5-6-14(7-10(14)2)9-17-13-8-15-12(4)16-11(13)3/h5,8,10H,1,6-7,9H2,2-4H3/t10?,14-/m1/s1. The Kier molecular flexibility index (Phi) is 3.18. The van der Waals surface area contributed by atoms with Crippen molar-refractivity contribution in [2.24, 2.45) is 11.3 Å². The van der Waals surface area contributed by atoms with Gasteiger partial charge in [0, 0.05) is 5.41 Å². The molecule has 0 spiro atoms. The van der Waals surface area contributed by atoms with Gasteiger partial charge in [0.2, 0.25) is 0 Å². The van der Waals surface area contributed by atoms with Crippen LogP contribution in [0.5, 0.6) is 5.75 Å². The number of allylic oxidation sites excluding steroid dienone is 1. The van der Waals surface area contributed by atoms with Crippen LogP contribution in [0.15, 0.2) is 18.9 Å². The van der Waals surface area contributed by atoms with Gasteiger partial charge in [-0.1, -0.05) is 13.0 Å². The van der Waals surface area contributed by atoms with Crippen molar-refractivity contribution < 1.29 is 4.74 Å². The topological polar surface area (TPSA) is 35.0 Å². The summed E-state index contributed by atoms with van der Waals surface area (Å²) in [7, 11) is 0. The molecule has 1 aromatic rings. The summed E-state index contributed by atoms with van der Waals surface area (Å²) in [6, 6.07) is 0. The lowest BCUT2D eigenvalue weighted by Crippen LogP contribution is -2.15. The van der Waals surface area contributed by atoms with Crippen molar-refractivity contribution in [2.45, 2.75) is 33.6 Å². The molecule has 0 saturated heterocycles. The van der Waals surface area contributed by atoms with Crippen molar-refractivity contribution >= 4 is 0 Å². The first-order chi connectivity index (χ1) is 8.07. The summed E-state index contributed by atoms with van der Waals surface area (Å²) in [4.78, 5) is 8.47. The highest BCUT2D eigenvalue weighted by molar-refractivity contribution is 5.23. The number of hydrogen-bond acceptors (Lipinski definition) is 3. The lowest BCUT2D eigenvalue weighted by atomic mass is 10.0. The third kappa shape index (κ3) is 2.48. The van der Waals surface area contributed by atoms with E-state index < -0.39 is 0 Å². The van der Waals surface area contributed by atoms with Gasteiger partial charge in [0.25, 0.3) is 0 Å². The number of hydrogen-bond donors (Lipinski definition) is 0. The molecule has 3 nitrogen and oxygen atoms in total. The lowest BCUT2D eigenvalue weighted by Gasteiger charge is -2.16. The van der Waals surface area contributed by atoms with E-state index in [1.807, 2.05) is 19.9 Å². The smallest absolute Gasteiger partial charge is 0.158 e. The molecule has 17 heavy (non-hydrogen) atoms. The summed E-state index contributed by atoms with van der Waals surface area (Å²) in [5.41, 5.74) is 1.22. The van der Waals surface area contributed by atoms with Crippen LogP contribution in [0.1, 0.15) is 31.3 Å². The summed E-state index contributed by atoms with van der Waals surface area (Å²) >= 11 is 0. The second kappa shape index (κ2) is 4.47. The van der Waals surface area contributed by atoms with Crippen LogP contribution in [0.2, 0.25) is 0 Å². The lowest BCUT2D eigenvalue weighted by molar-refractivity contribution is 0.221. The van der Waals surface area contributed by atoms with Crippen LogP contribution in [0.3, 0.4) is 0 Å². The van der Waals surface area contributed by atoms with Crippen LogP contribution in [0.25, 0.3) is 0 Å². The van der Waals surface area contributed by atoms with E-state index in [9.17, 15) is 0 Å². The second-order valence-electron chi connectivity index (χ2n) is 5.12. The molecule has 0 amide bonds. The zero-order valence-electron chi connectivity index (χ0n) is 10.9. The molecule has 1 saturated carbocycles. The van der Waals surface area contributed by atoms with Crippen LogP contribution in [0.4, 0.5) is 0 Å². The Morgan fingerprint density at radius 3 is 2.82 bits per heavy atom.